The molecule has 0 radical (unpaired) electrons. The molecule has 1 aromatic rings. The number of rotatable bonds is 7. The Morgan fingerprint density at radius 2 is 1.94 bits per heavy atom. The van der Waals surface area contributed by atoms with Gasteiger partial charge in [0, 0.05) is 9.61 Å². The Labute approximate surface area is 126 Å². The van der Waals surface area contributed by atoms with Gasteiger partial charge >= 0.3 is 0 Å². The molecule has 0 aromatic heterocycles. The minimum atomic E-state index is 0.514. The minimum absolute atomic E-state index is 0.514. The van der Waals surface area contributed by atoms with Gasteiger partial charge in [0.1, 0.15) is 0 Å². The average Bonchev–Trinajstić information content (AvgIpc) is 2.31. The molecule has 0 aliphatic carbocycles. The lowest BCUT2D eigenvalue weighted by atomic mass is 9.97. The first-order valence-corrected chi connectivity index (χ1v) is 8.12. The molecule has 18 heavy (non-hydrogen) atoms. The van der Waals surface area contributed by atoms with Crippen molar-refractivity contribution in [3.63, 3.8) is 0 Å². The summed E-state index contributed by atoms with van der Waals surface area (Å²) in [7, 11) is 0. The number of hydrogen-bond donors (Lipinski definition) is 1. The Bertz CT molecular complexity index is 360. The summed E-state index contributed by atoms with van der Waals surface area (Å²) in [5.41, 5.74) is 2.86. The number of hydrogen-bond acceptors (Lipinski definition) is 1. The highest BCUT2D eigenvalue weighted by molar-refractivity contribution is 14.1. The van der Waals surface area contributed by atoms with E-state index in [0.717, 1.165) is 12.5 Å². The van der Waals surface area contributed by atoms with Gasteiger partial charge in [-0.15, -0.1) is 0 Å². The fraction of sp³-hybridized carbons (Fsp3) is 0.625. The zero-order chi connectivity index (χ0) is 13.5. The third-order valence-corrected chi connectivity index (χ3v) is 4.80. The second-order valence-corrected chi connectivity index (χ2v) is 6.49. The molecule has 1 nitrogen and oxygen atoms in total. The molecule has 1 N–H and O–H groups in total. The highest BCUT2D eigenvalue weighted by Gasteiger charge is 2.14. The first-order chi connectivity index (χ1) is 8.56. The van der Waals surface area contributed by atoms with Crippen LogP contribution >= 0.6 is 22.6 Å². The van der Waals surface area contributed by atoms with Crippen molar-refractivity contribution < 1.29 is 0 Å². The van der Waals surface area contributed by atoms with E-state index in [1.54, 1.807) is 0 Å². The lowest BCUT2D eigenvalue weighted by molar-refractivity contribution is 0.454. The minimum Gasteiger partial charge on any atom is -0.310 e. The normalized spacial score (nSPS) is 13.0. The number of benzene rings is 1. The second-order valence-electron chi connectivity index (χ2n) is 5.41. The van der Waals surface area contributed by atoms with E-state index in [1.165, 1.54) is 34.0 Å². The smallest absolute Gasteiger partial charge is 0.0330 e. The van der Waals surface area contributed by atoms with Crippen LogP contribution in [-0.2, 0) is 0 Å². The van der Waals surface area contributed by atoms with E-state index in [9.17, 15) is 0 Å². The van der Waals surface area contributed by atoms with Crippen LogP contribution in [0.15, 0.2) is 18.2 Å². The molecule has 102 valence electrons. The molecule has 0 saturated heterocycles. The third kappa shape index (κ3) is 4.88. The average molecular weight is 359 g/mol. The lowest BCUT2D eigenvalue weighted by Gasteiger charge is -2.21. The molecule has 1 atom stereocenters. The van der Waals surface area contributed by atoms with Crippen LogP contribution in [0, 0.1) is 16.4 Å². The molecule has 0 spiro atoms. The first-order valence-electron chi connectivity index (χ1n) is 7.04. The largest absolute Gasteiger partial charge is 0.310 e. The Morgan fingerprint density at radius 1 is 1.22 bits per heavy atom. The molecule has 0 fully saturated rings. The molecule has 0 heterocycles. The summed E-state index contributed by atoms with van der Waals surface area (Å²) < 4.78 is 1.42. The van der Waals surface area contributed by atoms with Crippen molar-refractivity contribution in [2.24, 2.45) is 5.92 Å². The lowest BCUT2D eigenvalue weighted by Crippen LogP contribution is -2.22. The maximum absolute atomic E-state index is 3.64. The topological polar surface area (TPSA) is 12.0 Å². The molecule has 1 unspecified atom stereocenters. The van der Waals surface area contributed by atoms with Crippen molar-refractivity contribution in [2.45, 2.75) is 53.0 Å². The predicted octanol–water partition coefficient (Wildman–Crippen LogP) is 5.08. The van der Waals surface area contributed by atoms with Crippen LogP contribution in [0.4, 0.5) is 0 Å². The fourth-order valence-corrected chi connectivity index (χ4v) is 3.02. The summed E-state index contributed by atoms with van der Waals surface area (Å²) >= 11 is 2.48. The number of aryl methyl sites for hydroxylation is 1. The van der Waals surface area contributed by atoms with Gasteiger partial charge in [-0.3, -0.25) is 0 Å². The van der Waals surface area contributed by atoms with Crippen LogP contribution in [0.1, 0.15) is 57.2 Å². The Balaban J connectivity index is 2.74. The van der Waals surface area contributed by atoms with Crippen molar-refractivity contribution in [2.75, 3.05) is 6.54 Å². The van der Waals surface area contributed by atoms with Crippen molar-refractivity contribution in [3.8, 4) is 0 Å². The van der Waals surface area contributed by atoms with Gasteiger partial charge in [-0.1, -0.05) is 51.8 Å². The van der Waals surface area contributed by atoms with Crippen molar-refractivity contribution in [3.05, 3.63) is 32.9 Å². The Hall–Kier alpha value is -0.0900. The van der Waals surface area contributed by atoms with E-state index in [1.807, 2.05) is 0 Å². The van der Waals surface area contributed by atoms with Crippen molar-refractivity contribution in [1.29, 1.82) is 0 Å². The second kappa shape index (κ2) is 8.16. The number of halogens is 1. The first kappa shape index (κ1) is 16.0. The molecular weight excluding hydrogens is 333 g/mol. The summed E-state index contributed by atoms with van der Waals surface area (Å²) in [6.07, 6.45) is 3.87. The zero-order valence-corrected chi connectivity index (χ0v) is 14.3. The van der Waals surface area contributed by atoms with Crippen LogP contribution in [0.3, 0.4) is 0 Å². The van der Waals surface area contributed by atoms with Gasteiger partial charge in [-0.05, 0) is 59.5 Å². The van der Waals surface area contributed by atoms with E-state index >= 15 is 0 Å². The van der Waals surface area contributed by atoms with Crippen molar-refractivity contribution in [1.82, 2.24) is 5.32 Å². The number of nitrogens with one attached hydrogen (secondary N) is 1. The molecule has 0 aliphatic rings. The summed E-state index contributed by atoms with van der Waals surface area (Å²) in [6.45, 7) is 10.0. The van der Waals surface area contributed by atoms with E-state index < -0.39 is 0 Å². The SMILES string of the molecule is CCNC(CCCC(C)C)c1cccc(C)c1I. The van der Waals surface area contributed by atoms with Gasteiger partial charge in [0.05, 0.1) is 0 Å². The predicted molar refractivity (Wildman–Crippen MR) is 89.0 cm³/mol. The Kier molecular flexibility index (Phi) is 7.23. The quantitative estimate of drug-likeness (QED) is 0.670. The zero-order valence-electron chi connectivity index (χ0n) is 12.1. The van der Waals surface area contributed by atoms with Gasteiger partial charge in [0.15, 0.2) is 0 Å². The van der Waals surface area contributed by atoms with Crippen LogP contribution in [0.25, 0.3) is 0 Å². The van der Waals surface area contributed by atoms with E-state index in [4.69, 9.17) is 0 Å². The molecule has 0 bridgehead atoms. The van der Waals surface area contributed by atoms with E-state index in [2.05, 4.69) is 73.8 Å². The third-order valence-electron chi connectivity index (χ3n) is 3.32. The van der Waals surface area contributed by atoms with Crippen LogP contribution < -0.4 is 5.32 Å². The molecular formula is C16H26IN. The standard InChI is InChI=1S/C16H26IN/c1-5-18-15(11-6-8-12(2)3)14-10-7-9-13(4)16(14)17/h7,9-10,12,15,18H,5-6,8,11H2,1-4H3. The molecule has 2 heteroatoms. The Morgan fingerprint density at radius 3 is 2.56 bits per heavy atom. The molecule has 0 saturated carbocycles. The van der Waals surface area contributed by atoms with Crippen molar-refractivity contribution >= 4 is 22.6 Å². The summed E-state index contributed by atoms with van der Waals surface area (Å²) in [5.74, 6) is 0.809. The molecule has 1 aromatic carbocycles. The highest BCUT2D eigenvalue weighted by atomic mass is 127. The van der Waals surface area contributed by atoms with Crippen LogP contribution in [0.2, 0.25) is 0 Å². The van der Waals surface area contributed by atoms with Crippen LogP contribution in [-0.4, -0.2) is 6.54 Å². The van der Waals surface area contributed by atoms with Gasteiger partial charge in [0.25, 0.3) is 0 Å². The van der Waals surface area contributed by atoms with Gasteiger partial charge < -0.3 is 5.32 Å². The summed E-state index contributed by atoms with van der Waals surface area (Å²) in [4.78, 5) is 0. The maximum atomic E-state index is 3.64. The van der Waals surface area contributed by atoms with Gasteiger partial charge in [-0.2, -0.15) is 0 Å². The van der Waals surface area contributed by atoms with E-state index in [-0.39, 0.29) is 0 Å². The summed E-state index contributed by atoms with van der Waals surface area (Å²) in [5, 5.41) is 3.64. The van der Waals surface area contributed by atoms with Gasteiger partial charge in [-0.25, -0.2) is 0 Å². The molecule has 0 amide bonds. The molecule has 1 rings (SSSR count). The highest BCUT2D eigenvalue weighted by Crippen LogP contribution is 2.27. The maximum Gasteiger partial charge on any atom is 0.0330 e. The monoisotopic (exact) mass is 359 g/mol. The molecule has 0 aliphatic heterocycles. The van der Waals surface area contributed by atoms with E-state index in [0.29, 0.717) is 6.04 Å². The van der Waals surface area contributed by atoms with Crippen LogP contribution in [0.5, 0.6) is 0 Å². The van der Waals surface area contributed by atoms with Gasteiger partial charge in [0.2, 0.25) is 0 Å². The summed E-state index contributed by atoms with van der Waals surface area (Å²) in [6, 6.07) is 7.17. The fourth-order valence-electron chi connectivity index (χ4n) is 2.28.